The zero-order chi connectivity index (χ0) is 11.1. The Morgan fingerprint density at radius 2 is 1.56 bits per heavy atom. The molecule has 0 unspecified atom stereocenters. The molecule has 2 aromatic heterocycles. The third-order valence-electron chi connectivity index (χ3n) is 2.76. The van der Waals surface area contributed by atoms with Crippen LogP contribution in [0.2, 0.25) is 0 Å². The van der Waals surface area contributed by atoms with Crippen molar-refractivity contribution in [2.24, 2.45) is 0 Å². The molecular formula is C12H8N2O2. The second-order valence-electron chi connectivity index (χ2n) is 3.64. The van der Waals surface area contributed by atoms with Gasteiger partial charge in [0.25, 0.3) is 0 Å². The van der Waals surface area contributed by atoms with Crippen LogP contribution in [0.3, 0.4) is 0 Å². The molecule has 0 amide bonds. The molecule has 0 aliphatic heterocycles. The van der Waals surface area contributed by atoms with Crippen LogP contribution in [0.15, 0.2) is 36.7 Å². The second kappa shape index (κ2) is 3.13. The molecule has 0 radical (unpaired) electrons. The van der Waals surface area contributed by atoms with Crippen LogP contribution in [0.5, 0.6) is 0 Å². The molecule has 78 valence electrons. The van der Waals surface area contributed by atoms with E-state index in [-0.39, 0.29) is 0 Å². The van der Waals surface area contributed by atoms with E-state index in [0.717, 1.165) is 11.1 Å². The van der Waals surface area contributed by atoms with E-state index < -0.39 is 11.9 Å². The third kappa shape index (κ3) is 1.07. The summed E-state index contributed by atoms with van der Waals surface area (Å²) in [5, 5.41) is 9.23. The van der Waals surface area contributed by atoms with Crippen molar-refractivity contribution in [2.45, 2.75) is 5.92 Å². The standard InChI is InChI=1S/C12H8N2O2/c15-12(16)9-10-7(3-1-5-13-10)8-4-2-6-14-11(8)9/h1-6,9H,(H,15,16). The molecule has 0 aromatic carbocycles. The lowest BCUT2D eigenvalue weighted by molar-refractivity contribution is -0.137. The van der Waals surface area contributed by atoms with Crippen LogP contribution in [0.1, 0.15) is 17.3 Å². The van der Waals surface area contributed by atoms with Gasteiger partial charge in [0, 0.05) is 23.5 Å². The highest BCUT2D eigenvalue weighted by atomic mass is 16.4. The highest BCUT2D eigenvalue weighted by molar-refractivity contribution is 5.90. The number of rotatable bonds is 1. The smallest absolute Gasteiger partial charge is 0.318 e. The van der Waals surface area contributed by atoms with E-state index in [4.69, 9.17) is 0 Å². The molecule has 2 aromatic rings. The van der Waals surface area contributed by atoms with Gasteiger partial charge in [-0.1, -0.05) is 12.1 Å². The van der Waals surface area contributed by atoms with Gasteiger partial charge in [0.1, 0.15) is 5.92 Å². The SMILES string of the molecule is O=C(O)C1c2ncccc2-c2cccnc21. The zero-order valence-corrected chi connectivity index (χ0v) is 8.29. The van der Waals surface area contributed by atoms with Gasteiger partial charge in [-0.2, -0.15) is 0 Å². The predicted octanol–water partition coefficient (Wildman–Crippen LogP) is 1.67. The highest BCUT2D eigenvalue weighted by Gasteiger charge is 2.35. The largest absolute Gasteiger partial charge is 0.480 e. The summed E-state index contributed by atoms with van der Waals surface area (Å²) >= 11 is 0. The topological polar surface area (TPSA) is 63.1 Å². The first-order valence-electron chi connectivity index (χ1n) is 4.92. The van der Waals surface area contributed by atoms with Crippen LogP contribution in [0, 0.1) is 0 Å². The predicted molar refractivity (Wildman–Crippen MR) is 56.9 cm³/mol. The van der Waals surface area contributed by atoms with Crippen LogP contribution in [-0.2, 0) is 4.79 Å². The first kappa shape index (κ1) is 9.03. The van der Waals surface area contributed by atoms with Gasteiger partial charge in [-0.05, 0) is 12.1 Å². The lowest BCUT2D eigenvalue weighted by Crippen LogP contribution is -2.12. The molecule has 2 heterocycles. The number of hydrogen-bond donors (Lipinski definition) is 1. The van der Waals surface area contributed by atoms with Crippen LogP contribution in [0.25, 0.3) is 11.1 Å². The van der Waals surface area contributed by atoms with Gasteiger partial charge in [0.2, 0.25) is 0 Å². The van der Waals surface area contributed by atoms with Crippen LogP contribution in [-0.4, -0.2) is 21.0 Å². The first-order valence-corrected chi connectivity index (χ1v) is 4.92. The number of carboxylic acids is 1. The maximum atomic E-state index is 11.2. The number of carboxylic acid groups (broad SMARTS) is 1. The molecule has 0 atom stereocenters. The number of fused-ring (bicyclic) bond motifs is 3. The molecular weight excluding hydrogens is 204 g/mol. The molecule has 0 saturated carbocycles. The van der Waals surface area contributed by atoms with Crippen molar-refractivity contribution < 1.29 is 9.90 Å². The minimum atomic E-state index is -0.905. The van der Waals surface area contributed by atoms with Crippen molar-refractivity contribution in [1.82, 2.24) is 9.97 Å². The van der Waals surface area contributed by atoms with Gasteiger partial charge < -0.3 is 5.11 Å². The van der Waals surface area contributed by atoms with E-state index in [1.54, 1.807) is 24.5 Å². The highest BCUT2D eigenvalue weighted by Crippen LogP contribution is 2.41. The summed E-state index contributed by atoms with van der Waals surface area (Å²) < 4.78 is 0. The minimum Gasteiger partial charge on any atom is -0.480 e. The Balaban J connectivity index is 2.34. The first-order chi connectivity index (χ1) is 7.79. The van der Waals surface area contributed by atoms with Crippen molar-refractivity contribution in [1.29, 1.82) is 0 Å². The Labute approximate surface area is 91.6 Å². The Hall–Kier alpha value is -2.23. The number of aliphatic carboxylic acids is 1. The summed E-state index contributed by atoms with van der Waals surface area (Å²) in [7, 11) is 0. The molecule has 0 saturated heterocycles. The number of nitrogens with zero attached hydrogens (tertiary/aromatic N) is 2. The molecule has 1 aliphatic carbocycles. The average Bonchev–Trinajstić information content (AvgIpc) is 2.63. The fourth-order valence-corrected chi connectivity index (χ4v) is 2.11. The fourth-order valence-electron chi connectivity index (χ4n) is 2.11. The fraction of sp³-hybridized carbons (Fsp3) is 0.0833. The summed E-state index contributed by atoms with van der Waals surface area (Å²) in [6, 6.07) is 7.37. The van der Waals surface area contributed by atoms with Gasteiger partial charge in [-0.3, -0.25) is 14.8 Å². The summed E-state index contributed by atoms with van der Waals surface area (Å²) in [4.78, 5) is 19.6. The summed E-state index contributed by atoms with van der Waals surface area (Å²) in [5.41, 5.74) is 2.92. The molecule has 0 spiro atoms. The van der Waals surface area contributed by atoms with Crippen LogP contribution in [0.4, 0.5) is 0 Å². The van der Waals surface area contributed by atoms with E-state index in [9.17, 15) is 9.90 Å². The Morgan fingerprint density at radius 3 is 2.00 bits per heavy atom. The van der Waals surface area contributed by atoms with E-state index >= 15 is 0 Å². The second-order valence-corrected chi connectivity index (χ2v) is 3.64. The van der Waals surface area contributed by atoms with Gasteiger partial charge in [0.05, 0.1) is 11.4 Å². The van der Waals surface area contributed by atoms with Gasteiger partial charge >= 0.3 is 5.97 Å². The Morgan fingerprint density at radius 1 is 1.06 bits per heavy atom. The maximum Gasteiger partial charge on any atom is 0.318 e. The number of aromatic nitrogens is 2. The minimum absolute atomic E-state index is 0.587. The third-order valence-corrected chi connectivity index (χ3v) is 2.76. The molecule has 0 bridgehead atoms. The normalized spacial score (nSPS) is 13.2. The molecule has 0 fully saturated rings. The van der Waals surface area contributed by atoms with Crippen molar-refractivity contribution in [3.63, 3.8) is 0 Å². The molecule has 1 N–H and O–H groups in total. The van der Waals surface area contributed by atoms with E-state index in [1.807, 2.05) is 12.1 Å². The van der Waals surface area contributed by atoms with Crippen molar-refractivity contribution >= 4 is 5.97 Å². The quantitative estimate of drug-likeness (QED) is 0.781. The van der Waals surface area contributed by atoms with Gasteiger partial charge in [-0.25, -0.2) is 0 Å². The van der Waals surface area contributed by atoms with E-state index in [0.29, 0.717) is 11.4 Å². The molecule has 3 rings (SSSR count). The monoisotopic (exact) mass is 212 g/mol. The Kier molecular flexibility index (Phi) is 1.77. The number of hydrogen-bond acceptors (Lipinski definition) is 3. The maximum absolute atomic E-state index is 11.2. The lowest BCUT2D eigenvalue weighted by Gasteiger charge is -2.04. The number of carbonyl (C=O) groups is 1. The van der Waals surface area contributed by atoms with Crippen molar-refractivity contribution in [3.05, 3.63) is 48.0 Å². The van der Waals surface area contributed by atoms with E-state index in [1.165, 1.54) is 0 Å². The van der Waals surface area contributed by atoms with E-state index in [2.05, 4.69) is 9.97 Å². The van der Waals surface area contributed by atoms with Crippen molar-refractivity contribution in [3.8, 4) is 11.1 Å². The zero-order valence-electron chi connectivity index (χ0n) is 8.29. The van der Waals surface area contributed by atoms with Crippen molar-refractivity contribution in [2.75, 3.05) is 0 Å². The molecule has 1 aliphatic rings. The lowest BCUT2D eigenvalue weighted by atomic mass is 10.1. The summed E-state index contributed by atoms with van der Waals surface area (Å²) in [6.07, 6.45) is 3.22. The summed E-state index contributed by atoms with van der Waals surface area (Å²) in [6.45, 7) is 0. The van der Waals surface area contributed by atoms with Crippen LogP contribution >= 0.6 is 0 Å². The summed E-state index contributed by atoms with van der Waals surface area (Å²) in [5.74, 6) is -1.63. The molecule has 4 heteroatoms. The molecule has 16 heavy (non-hydrogen) atoms. The van der Waals surface area contributed by atoms with Gasteiger partial charge in [0.15, 0.2) is 0 Å². The van der Waals surface area contributed by atoms with Gasteiger partial charge in [-0.15, -0.1) is 0 Å². The van der Waals surface area contributed by atoms with Crippen LogP contribution < -0.4 is 0 Å². The Bertz CT molecular complexity index is 535. The average molecular weight is 212 g/mol. The number of pyridine rings is 2. The molecule has 4 nitrogen and oxygen atoms in total.